The number of carbonyl (C=O) groups is 1. The molecule has 0 aliphatic heterocycles. The van der Waals surface area contributed by atoms with E-state index in [1.165, 1.54) is 0 Å². The van der Waals surface area contributed by atoms with E-state index < -0.39 is 11.3 Å². The number of hydrogen-bond donors (Lipinski definition) is 2. The monoisotopic (exact) mass is 138 g/mol. The summed E-state index contributed by atoms with van der Waals surface area (Å²) >= 11 is 5.23. The topological polar surface area (TPSA) is 57.5 Å². The summed E-state index contributed by atoms with van der Waals surface area (Å²) in [4.78, 5) is 9.77. The molecule has 0 saturated carbocycles. The third kappa shape index (κ3) is 3.89. The van der Waals surface area contributed by atoms with Gasteiger partial charge in [-0.25, -0.2) is 0 Å². The maximum absolute atomic E-state index is 9.77. The Bertz CT molecular complexity index is 83.4. The largest absolute Gasteiger partial charge is 0.481 e. The van der Waals surface area contributed by atoms with Crippen LogP contribution in [0.4, 0.5) is 0 Å². The Kier molecular flexibility index (Phi) is 3.56. The lowest BCUT2D eigenvalue weighted by Gasteiger charge is -1.97. The molecule has 1 atom stereocenters. The summed E-state index contributed by atoms with van der Waals surface area (Å²) in [6, 6.07) is 0. The van der Waals surface area contributed by atoms with Gasteiger partial charge >= 0.3 is 5.97 Å². The quantitative estimate of drug-likeness (QED) is 0.543. The van der Waals surface area contributed by atoms with Crippen molar-refractivity contribution < 1.29 is 15.0 Å². The van der Waals surface area contributed by atoms with Crippen LogP contribution >= 0.6 is 11.6 Å². The molecule has 0 amide bonds. The average molecular weight is 139 g/mol. The lowest BCUT2D eigenvalue weighted by Crippen LogP contribution is -2.10. The van der Waals surface area contributed by atoms with Gasteiger partial charge in [0.1, 0.15) is 0 Å². The van der Waals surface area contributed by atoms with Crippen LogP contribution < -0.4 is 0 Å². The second-order valence-electron chi connectivity index (χ2n) is 1.38. The molecular weight excluding hydrogens is 131 g/mol. The standard InChI is InChI=1S/C4H7ClO3/c5-3(2-6)1-4(7)8/h3,6H,1-2H2,(H,7,8). The van der Waals surface area contributed by atoms with E-state index in [1.54, 1.807) is 0 Å². The first-order valence-electron chi connectivity index (χ1n) is 2.13. The summed E-state index contributed by atoms with van der Waals surface area (Å²) in [5.74, 6) is -0.987. The number of rotatable bonds is 3. The number of alkyl halides is 1. The van der Waals surface area contributed by atoms with Crippen molar-refractivity contribution in [2.75, 3.05) is 6.61 Å². The Morgan fingerprint density at radius 1 is 1.75 bits per heavy atom. The molecule has 0 aromatic rings. The molecule has 1 unspecified atom stereocenters. The summed E-state index contributed by atoms with van der Waals surface area (Å²) in [5.41, 5.74) is 0. The molecule has 0 heterocycles. The van der Waals surface area contributed by atoms with Gasteiger partial charge in [-0.2, -0.15) is 0 Å². The summed E-state index contributed by atoms with van der Waals surface area (Å²) < 4.78 is 0. The lowest BCUT2D eigenvalue weighted by atomic mass is 10.3. The number of aliphatic hydroxyl groups excluding tert-OH is 1. The molecule has 48 valence electrons. The highest BCUT2D eigenvalue weighted by Gasteiger charge is 2.06. The molecule has 0 aliphatic rings. The Morgan fingerprint density at radius 2 is 2.25 bits per heavy atom. The first kappa shape index (κ1) is 7.72. The number of hydrogen-bond acceptors (Lipinski definition) is 2. The Labute approximate surface area is 51.9 Å². The maximum Gasteiger partial charge on any atom is 0.304 e. The SMILES string of the molecule is O=C(O)CC(Cl)CO. The molecule has 0 radical (unpaired) electrons. The Balaban J connectivity index is 3.24. The normalized spacial score (nSPS) is 13.2. The van der Waals surface area contributed by atoms with Gasteiger partial charge in [0.2, 0.25) is 0 Å². The van der Waals surface area contributed by atoms with Crippen LogP contribution in [0, 0.1) is 0 Å². The fraction of sp³-hybridized carbons (Fsp3) is 0.750. The Morgan fingerprint density at radius 3 is 2.38 bits per heavy atom. The molecule has 8 heavy (non-hydrogen) atoms. The fourth-order valence-corrected chi connectivity index (χ4v) is 0.386. The Hall–Kier alpha value is -0.280. The number of aliphatic hydroxyl groups is 1. The van der Waals surface area contributed by atoms with Gasteiger partial charge in [0.25, 0.3) is 0 Å². The van der Waals surface area contributed by atoms with Gasteiger partial charge in [0.15, 0.2) is 0 Å². The molecule has 0 rings (SSSR count). The van der Waals surface area contributed by atoms with E-state index in [0.29, 0.717) is 0 Å². The smallest absolute Gasteiger partial charge is 0.304 e. The molecule has 0 saturated heterocycles. The highest BCUT2D eigenvalue weighted by Crippen LogP contribution is 1.98. The summed E-state index contributed by atoms with van der Waals surface area (Å²) in [5, 5.41) is 15.6. The third-order valence-electron chi connectivity index (χ3n) is 0.594. The van der Waals surface area contributed by atoms with E-state index in [0.717, 1.165) is 0 Å². The van der Waals surface area contributed by atoms with Crippen LogP contribution in [0.2, 0.25) is 0 Å². The summed E-state index contributed by atoms with van der Waals surface area (Å²) in [7, 11) is 0. The van der Waals surface area contributed by atoms with Gasteiger partial charge in [-0.15, -0.1) is 11.6 Å². The molecule has 0 fully saturated rings. The van der Waals surface area contributed by atoms with Crippen LogP contribution in [-0.2, 0) is 4.79 Å². The molecule has 0 aromatic carbocycles. The van der Waals surface area contributed by atoms with Crippen LogP contribution in [0.15, 0.2) is 0 Å². The van der Waals surface area contributed by atoms with Crippen molar-refractivity contribution in [1.29, 1.82) is 0 Å². The first-order chi connectivity index (χ1) is 3.66. The van der Waals surface area contributed by atoms with Crippen molar-refractivity contribution in [3.63, 3.8) is 0 Å². The predicted octanol–water partition coefficient (Wildman–Crippen LogP) is 0.0608. The highest BCUT2D eigenvalue weighted by atomic mass is 35.5. The van der Waals surface area contributed by atoms with Gasteiger partial charge in [0.05, 0.1) is 18.4 Å². The average Bonchev–Trinajstić information content (AvgIpc) is 1.65. The van der Waals surface area contributed by atoms with Crippen molar-refractivity contribution in [1.82, 2.24) is 0 Å². The molecular formula is C4H7ClO3. The van der Waals surface area contributed by atoms with Gasteiger partial charge in [-0.1, -0.05) is 0 Å². The van der Waals surface area contributed by atoms with Crippen LogP contribution in [0.5, 0.6) is 0 Å². The number of carboxylic acid groups (broad SMARTS) is 1. The minimum atomic E-state index is -0.987. The molecule has 3 nitrogen and oxygen atoms in total. The number of halogens is 1. The fourth-order valence-electron chi connectivity index (χ4n) is 0.254. The number of carboxylic acids is 1. The van der Waals surface area contributed by atoms with Crippen molar-refractivity contribution >= 4 is 17.6 Å². The minimum Gasteiger partial charge on any atom is -0.481 e. The molecule has 0 aromatic heterocycles. The molecule has 2 N–H and O–H groups in total. The third-order valence-corrected chi connectivity index (χ3v) is 0.887. The lowest BCUT2D eigenvalue weighted by molar-refractivity contribution is -0.137. The van der Waals surface area contributed by atoms with E-state index >= 15 is 0 Å². The van der Waals surface area contributed by atoms with Crippen molar-refractivity contribution in [2.24, 2.45) is 0 Å². The first-order valence-corrected chi connectivity index (χ1v) is 2.57. The van der Waals surface area contributed by atoms with E-state index in [-0.39, 0.29) is 13.0 Å². The van der Waals surface area contributed by atoms with E-state index in [9.17, 15) is 4.79 Å². The zero-order chi connectivity index (χ0) is 6.57. The molecule has 4 heteroatoms. The van der Waals surface area contributed by atoms with Crippen LogP contribution in [-0.4, -0.2) is 28.2 Å². The van der Waals surface area contributed by atoms with Crippen LogP contribution in [0.3, 0.4) is 0 Å². The highest BCUT2D eigenvalue weighted by molar-refractivity contribution is 6.21. The molecule has 0 aliphatic carbocycles. The van der Waals surface area contributed by atoms with Crippen LogP contribution in [0.1, 0.15) is 6.42 Å². The second kappa shape index (κ2) is 3.69. The van der Waals surface area contributed by atoms with Crippen molar-refractivity contribution in [3.8, 4) is 0 Å². The van der Waals surface area contributed by atoms with Gasteiger partial charge in [0, 0.05) is 0 Å². The number of aliphatic carboxylic acids is 1. The van der Waals surface area contributed by atoms with Crippen molar-refractivity contribution in [2.45, 2.75) is 11.8 Å². The van der Waals surface area contributed by atoms with E-state index in [4.69, 9.17) is 21.8 Å². The zero-order valence-electron chi connectivity index (χ0n) is 4.17. The van der Waals surface area contributed by atoms with Gasteiger partial charge in [-0.05, 0) is 0 Å². The van der Waals surface area contributed by atoms with Crippen molar-refractivity contribution in [3.05, 3.63) is 0 Å². The summed E-state index contributed by atoms with van der Waals surface area (Å²) in [6.45, 7) is -0.284. The zero-order valence-corrected chi connectivity index (χ0v) is 4.93. The minimum absolute atomic E-state index is 0.182. The van der Waals surface area contributed by atoms with Gasteiger partial charge < -0.3 is 10.2 Å². The second-order valence-corrected chi connectivity index (χ2v) is 1.99. The van der Waals surface area contributed by atoms with E-state index in [2.05, 4.69) is 0 Å². The maximum atomic E-state index is 9.77. The predicted molar refractivity (Wildman–Crippen MR) is 29.0 cm³/mol. The molecule has 0 bridgehead atoms. The van der Waals surface area contributed by atoms with Gasteiger partial charge in [-0.3, -0.25) is 4.79 Å². The van der Waals surface area contributed by atoms with E-state index in [1.807, 2.05) is 0 Å². The molecule has 0 spiro atoms. The van der Waals surface area contributed by atoms with Crippen LogP contribution in [0.25, 0.3) is 0 Å². The summed E-state index contributed by atoms with van der Waals surface area (Å²) in [6.07, 6.45) is -0.182.